The van der Waals surface area contributed by atoms with Gasteiger partial charge in [-0.3, -0.25) is 9.59 Å². The van der Waals surface area contributed by atoms with Crippen LogP contribution in [-0.4, -0.2) is 22.9 Å². The Morgan fingerprint density at radius 1 is 1.44 bits per heavy atom. The normalized spacial score (nSPS) is 18.1. The molecule has 2 heterocycles. The molecule has 18 heavy (non-hydrogen) atoms. The zero-order valence-corrected chi connectivity index (χ0v) is 10.1. The maximum atomic E-state index is 12.2. The molecule has 0 amide bonds. The van der Waals surface area contributed by atoms with E-state index in [2.05, 4.69) is 0 Å². The highest BCUT2D eigenvalue weighted by Crippen LogP contribution is 2.29. The third-order valence-electron chi connectivity index (χ3n) is 3.32. The quantitative estimate of drug-likeness (QED) is 0.599. The SMILES string of the molecule is CCOC(=O)C1Cn2c(cc3ccccc32)C1=O. The predicted molar refractivity (Wildman–Crippen MR) is 66.4 cm³/mol. The minimum absolute atomic E-state index is 0.135. The van der Waals surface area contributed by atoms with E-state index < -0.39 is 11.9 Å². The molecule has 1 atom stereocenters. The Morgan fingerprint density at radius 3 is 3.00 bits per heavy atom. The molecule has 3 rings (SSSR count). The molecule has 0 radical (unpaired) electrons. The first-order valence-electron chi connectivity index (χ1n) is 6.01. The number of benzene rings is 1. The summed E-state index contributed by atoms with van der Waals surface area (Å²) in [6.45, 7) is 2.44. The monoisotopic (exact) mass is 243 g/mol. The van der Waals surface area contributed by atoms with Crippen molar-refractivity contribution in [2.45, 2.75) is 13.5 Å². The summed E-state index contributed by atoms with van der Waals surface area (Å²) in [6, 6.07) is 9.63. The average molecular weight is 243 g/mol. The maximum absolute atomic E-state index is 12.2. The first-order chi connectivity index (χ1) is 8.72. The number of nitrogens with zero attached hydrogens (tertiary/aromatic N) is 1. The number of ketones is 1. The first kappa shape index (κ1) is 11.0. The first-order valence-corrected chi connectivity index (χ1v) is 6.01. The Hall–Kier alpha value is -2.10. The number of ether oxygens (including phenoxy) is 1. The van der Waals surface area contributed by atoms with E-state index in [4.69, 9.17) is 4.74 Å². The number of aromatic nitrogens is 1. The number of esters is 1. The van der Waals surface area contributed by atoms with Gasteiger partial charge in [-0.05, 0) is 19.1 Å². The molecule has 1 aromatic heterocycles. The molecular formula is C14H13NO3. The minimum Gasteiger partial charge on any atom is -0.465 e. The zero-order valence-electron chi connectivity index (χ0n) is 10.1. The molecule has 0 bridgehead atoms. The lowest BCUT2D eigenvalue weighted by atomic mass is 10.1. The average Bonchev–Trinajstić information content (AvgIpc) is 2.88. The Balaban J connectivity index is 2.02. The third-order valence-corrected chi connectivity index (χ3v) is 3.32. The number of hydrogen-bond acceptors (Lipinski definition) is 3. The Bertz CT molecular complexity index is 642. The van der Waals surface area contributed by atoms with Gasteiger partial charge in [0.1, 0.15) is 5.92 Å². The number of para-hydroxylation sites is 1. The van der Waals surface area contributed by atoms with E-state index in [0.29, 0.717) is 18.8 Å². The number of carbonyl (C=O) groups excluding carboxylic acids is 2. The lowest BCUT2D eigenvalue weighted by Crippen LogP contribution is -2.23. The van der Waals surface area contributed by atoms with Crippen LogP contribution in [0.5, 0.6) is 0 Å². The molecule has 2 aromatic rings. The van der Waals surface area contributed by atoms with Crippen LogP contribution in [0.3, 0.4) is 0 Å². The zero-order chi connectivity index (χ0) is 12.7. The van der Waals surface area contributed by atoms with Gasteiger partial charge >= 0.3 is 5.97 Å². The number of hydrogen-bond donors (Lipinski definition) is 0. The van der Waals surface area contributed by atoms with Gasteiger partial charge < -0.3 is 9.30 Å². The molecule has 4 heteroatoms. The van der Waals surface area contributed by atoms with Gasteiger partial charge in [-0.1, -0.05) is 18.2 Å². The largest absolute Gasteiger partial charge is 0.465 e. The van der Waals surface area contributed by atoms with E-state index in [9.17, 15) is 9.59 Å². The third kappa shape index (κ3) is 1.45. The fourth-order valence-electron chi connectivity index (χ4n) is 2.48. The van der Waals surface area contributed by atoms with Crippen molar-refractivity contribution in [2.24, 2.45) is 5.92 Å². The van der Waals surface area contributed by atoms with Crippen LogP contribution in [0.1, 0.15) is 17.4 Å². The molecule has 0 aliphatic carbocycles. The van der Waals surface area contributed by atoms with Gasteiger partial charge in [-0.2, -0.15) is 0 Å². The van der Waals surface area contributed by atoms with Crippen LogP contribution in [0, 0.1) is 5.92 Å². The van der Waals surface area contributed by atoms with Gasteiger partial charge in [0.2, 0.25) is 0 Å². The van der Waals surface area contributed by atoms with E-state index in [1.54, 1.807) is 6.92 Å². The summed E-state index contributed by atoms with van der Waals surface area (Å²) in [5, 5.41) is 1.03. The highest BCUT2D eigenvalue weighted by Gasteiger charge is 2.37. The second-order valence-corrected chi connectivity index (χ2v) is 4.37. The molecule has 0 saturated heterocycles. The summed E-state index contributed by atoms with van der Waals surface area (Å²) in [6.07, 6.45) is 0. The van der Waals surface area contributed by atoms with Crippen LogP contribution in [0.2, 0.25) is 0 Å². The molecule has 0 saturated carbocycles. The van der Waals surface area contributed by atoms with Crippen molar-refractivity contribution in [1.82, 2.24) is 4.57 Å². The van der Waals surface area contributed by atoms with Gasteiger partial charge in [0.25, 0.3) is 0 Å². The summed E-state index contributed by atoms with van der Waals surface area (Å²) >= 11 is 0. The standard InChI is InChI=1S/C14H13NO3/c1-2-18-14(17)10-8-15-11-6-4-3-5-9(11)7-12(15)13(10)16/h3-7,10H,2,8H2,1H3. The molecule has 0 fully saturated rings. The van der Waals surface area contributed by atoms with Crippen LogP contribution in [0.4, 0.5) is 0 Å². The van der Waals surface area contributed by atoms with Crippen molar-refractivity contribution in [3.63, 3.8) is 0 Å². The highest BCUT2D eigenvalue weighted by atomic mass is 16.5. The van der Waals surface area contributed by atoms with E-state index in [0.717, 1.165) is 10.9 Å². The summed E-state index contributed by atoms with van der Waals surface area (Å²) in [7, 11) is 0. The topological polar surface area (TPSA) is 48.3 Å². The molecule has 1 unspecified atom stereocenters. The molecule has 0 N–H and O–H groups in total. The molecule has 92 valence electrons. The fraction of sp³-hybridized carbons (Fsp3) is 0.286. The molecule has 1 aromatic carbocycles. The molecule has 0 spiro atoms. The number of rotatable bonds is 2. The number of Topliss-reactive ketones (excluding diaryl/α,β-unsaturated/α-hetero) is 1. The summed E-state index contributed by atoms with van der Waals surface area (Å²) in [5.74, 6) is -1.23. The number of carbonyl (C=O) groups is 2. The molecule has 1 aliphatic rings. The molecule has 4 nitrogen and oxygen atoms in total. The highest BCUT2D eigenvalue weighted by molar-refractivity contribution is 6.12. The van der Waals surface area contributed by atoms with Crippen LogP contribution < -0.4 is 0 Å². The summed E-state index contributed by atoms with van der Waals surface area (Å²) in [5.41, 5.74) is 1.60. The van der Waals surface area contributed by atoms with Gasteiger partial charge in [0, 0.05) is 17.4 Å². The molecular weight excluding hydrogens is 230 g/mol. The Morgan fingerprint density at radius 2 is 2.22 bits per heavy atom. The summed E-state index contributed by atoms with van der Waals surface area (Å²) < 4.78 is 6.84. The van der Waals surface area contributed by atoms with Gasteiger partial charge in [0.15, 0.2) is 5.78 Å². The fourth-order valence-corrected chi connectivity index (χ4v) is 2.48. The number of fused-ring (bicyclic) bond motifs is 3. The van der Waals surface area contributed by atoms with E-state index in [-0.39, 0.29) is 5.78 Å². The van der Waals surface area contributed by atoms with Crippen molar-refractivity contribution in [3.8, 4) is 0 Å². The maximum Gasteiger partial charge on any atom is 0.318 e. The summed E-state index contributed by atoms with van der Waals surface area (Å²) in [4.78, 5) is 23.9. The van der Waals surface area contributed by atoms with Crippen molar-refractivity contribution in [2.75, 3.05) is 6.61 Å². The minimum atomic E-state index is -0.676. The molecule has 1 aliphatic heterocycles. The van der Waals surface area contributed by atoms with E-state index in [1.165, 1.54) is 0 Å². The van der Waals surface area contributed by atoms with E-state index in [1.807, 2.05) is 34.9 Å². The van der Waals surface area contributed by atoms with Crippen molar-refractivity contribution >= 4 is 22.7 Å². The Labute approximate surface area is 104 Å². The van der Waals surface area contributed by atoms with Crippen LogP contribution in [0.15, 0.2) is 30.3 Å². The van der Waals surface area contributed by atoms with E-state index >= 15 is 0 Å². The van der Waals surface area contributed by atoms with Crippen molar-refractivity contribution in [3.05, 3.63) is 36.0 Å². The lowest BCUT2D eigenvalue weighted by Gasteiger charge is -2.07. The van der Waals surface area contributed by atoms with Crippen LogP contribution in [0.25, 0.3) is 10.9 Å². The van der Waals surface area contributed by atoms with Crippen molar-refractivity contribution < 1.29 is 14.3 Å². The van der Waals surface area contributed by atoms with Gasteiger partial charge in [-0.15, -0.1) is 0 Å². The predicted octanol–water partition coefficient (Wildman–Crippen LogP) is 2.02. The van der Waals surface area contributed by atoms with Gasteiger partial charge in [-0.25, -0.2) is 0 Å². The lowest BCUT2D eigenvalue weighted by molar-refractivity contribution is -0.146. The second kappa shape index (κ2) is 3.98. The van der Waals surface area contributed by atoms with Crippen LogP contribution in [-0.2, 0) is 16.1 Å². The smallest absolute Gasteiger partial charge is 0.318 e. The van der Waals surface area contributed by atoms with Crippen molar-refractivity contribution in [1.29, 1.82) is 0 Å². The Kier molecular flexibility index (Phi) is 2.44. The van der Waals surface area contributed by atoms with Gasteiger partial charge in [0.05, 0.1) is 12.3 Å². The van der Waals surface area contributed by atoms with Crippen LogP contribution >= 0.6 is 0 Å². The second-order valence-electron chi connectivity index (χ2n) is 4.37.